The number of ether oxygens (including phenoxy) is 3. The first-order valence-corrected chi connectivity index (χ1v) is 10.9. The van der Waals surface area contributed by atoms with Gasteiger partial charge in [-0.25, -0.2) is 0 Å². The molecule has 0 aromatic heterocycles. The van der Waals surface area contributed by atoms with Gasteiger partial charge in [0.15, 0.2) is 11.5 Å². The van der Waals surface area contributed by atoms with E-state index in [9.17, 15) is 14.4 Å². The maximum Gasteiger partial charge on any atom is 0.311 e. The molecule has 33 heavy (non-hydrogen) atoms. The van der Waals surface area contributed by atoms with Crippen molar-refractivity contribution in [3.8, 4) is 11.5 Å². The van der Waals surface area contributed by atoms with Gasteiger partial charge in [-0.05, 0) is 31.0 Å². The Hall–Kier alpha value is -3.55. The number of esters is 1. The molecule has 8 nitrogen and oxygen atoms in total. The van der Waals surface area contributed by atoms with E-state index in [0.29, 0.717) is 30.0 Å². The van der Waals surface area contributed by atoms with Crippen molar-refractivity contribution in [2.24, 2.45) is 5.92 Å². The highest BCUT2D eigenvalue weighted by Crippen LogP contribution is 2.34. The molecule has 1 fully saturated rings. The van der Waals surface area contributed by atoms with E-state index in [1.165, 1.54) is 19.8 Å². The lowest BCUT2D eigenvalue weighted by atomic mass is 10.1. The number of hydrogen-bond acceptors (Lipinski definition) is 6. The van der Waals surface area contributed by atoms with E-state index in [1.807, 2.05) is 31.2 Å². The van der Waals surface area contributed by atoms with Crippen LogP contribution in [0.15, 0.2) is 42.5 Å². The monoisotopic (exact) mass is 454 g/mol. The van der Waals surface area contributed by atoms with Gasteiger partial charge in [-0.1, -0.05) is 29.8 Å². The first-order chi connectivity index (χ1) is 15.9. The fourth-order valence-electron chi connectivity index (χ4n) is 3.67. The molecule has 3 rings (SSSR count). The molecule has 0 aliphatic carbocycles. The van der Waals surface area contributed by atoms with Crippen LogP contribution in [0.4, 0.5) is 5.69 Å². The Balaban J connectivity index is 1.40. The van der Waals surface area contributed by atoms with Gasteiger partial charge in [0, 0.05) is 31.1 Å². The maximum absolute atomic E-state index is 12.5. The summed E-state index contributed by atoms with van der Waals surface area (Å²) in [7, 11) is 3.06. The molecule has 0 saturated carbocycles. The highest BCUT2D eigenvalue weighted by atomic mass is 16.5. The zero-order valence-corrected chi connectivity index (χ0v) is 19.3. The van der Waals surface area contributed by atoms with Crippen LogP contribution in [0.25, 0.3) is 0 Å². The van der Waals surface area contributed by atoms with Crippen molar-refractivity contribution < 1.29 is 28.6 Å². The smallest absolute Gasteiger partial charge is 0.311 e. The standard InChI is InChI=1S/C25H30N2O6/c1-17-4-6-18(7-5-17)8-11-23(28)26-12-13-33-25(30)19-14-24(29)27(16-19)20-9-10-21(31-2)22(15-20)32-3/h4-7,9-10,15,19H,8,11-14,16H2,1-3H3,(H,26,28). The summed E-state index contributed by atoms with van der Waals surface area (Å²) in [5, 5.41) is 2.76. The minimum atomic E-state index is -0.553. The van der Waals surface area contributed by atoms with E-state index in [2.05, 4.69) is 5.32 Å². The third-order valence-electron chi connectivity index (χ3n) is 5.57. The van der Waals surface area contributed by atoms with Crippen LogP contribution in [-0.4, -0.2) is 51.7 Å². The summed E-state index contributed by atoms with van der Waals surface area (Å²) in [6.07, 6.45) is 1.10. The SMILES string of the molecule is COc1ccc(N2CC(C(=O)OCCNC(=O)CCc3ccc(C)cc3)CC2=O)cc1OC. The van der Waals surface area contributed by atoms with Crippen molar-refractivity contribution in [2.75, 3.05) is 38.8 Å². The number of anilines is 1. The molecule has 1 N–H and O–H groups in total. The second-order valence-corrected chi connectivity index (χ2v) is 7.95. The molecule has 2 aromatic rings. The van der Waals surface area contributed by atoms with Crippen molar-refractivity contribution in [3.05, 3.63) is 53.6 Å². The van der Waals surface area contributed by atoms with Gasteiger partial charge in [-0.15, -0.1) is 0 Å². The fourth-order valence-corrected chi connectivity index (χ4v) is 3.67. The van der Waals surface area contributed by atoms with E-state index in [0.717, 1.165) is 5.56 Å². The topological polar surface area (TPSA) is 94.2 Å². The minimum Gasteiger partial charge on any atom is -0.493 e. The average molecular weight is 455 g/mol. The van der Waals surface area contributed by atoms with Gasteiger partial charge < -0.3 is 24.4 Å². The van der Waals surface area contributed by atoms with Gasteiger partial charge >= 0.3 is 5.97 Å². The van der Waals surface area contributed by atoms with Gasteiger partial charge in [-0.3, -0.25) is 14.4 Å². The third-order valence-corrected chi connectivity index (χ3v) is 5.57. The summed E-state index contributed by atoms with van der Waals surface area (Å²) in [5.41, 5.74) is 2.92. The molecule has 1 atom stereocenters. The summed E-state index contributed by atoms with van der Waals surface area (Å²) < 4.78 is 15.8. The molecule has 1 saturated heterocycles. The van der Waals surface area contributed by atoms with Gasteiger partial charge in [-0.2, -0.15) is 0 Å². The van der Waals surface area contributed by atoms with E-state index in [-0.39, 0.29) is 37.9 Å². The number of rotatable bonds is 10. The molecule has 1 aliphatic heterocycles. The van der Waals surface area contributed by atoms with Crippen LogP contribution in [-0.2, 0) is 25.5 Å². The van der Waals surface area contributed by atoms with Crippen LogP contribution in [0.2, 0.25) is 0 Å². The summed E-state index contributed by atoms with van der Waals surface area (Å²) >= 11 is 0. The molecule has 2 amide bonds. The summed E-state index contributed by atoms with van der Waals surface area (Å²) in [6.45, 7) is 2.55. The van der Waals surface area contributed by atoms with Gasteiger partial charge in [0.05, 0.1) is 26.7 Å². The highest BCUT2D eigenvalue weighted by Gasteiger charge is 2.36. The molecule has 0 radical (unpaired) electrons. The third kappa shape index (κ3) is 6.47. The van der Waals surface area contributed by atoms with E-state index in [4.69, 9.17) is 14.2 Å². The second-order valence-electron chi connectivity index (χ2n) is 7.95. The minimum absolute atomic E-state index is 0.0656. The number of methoxy groups -OCH3 is 2. The van der Waals surface area contributed by atoms with E-state index in [1.54, 1.807) is 23.1 Å². The molecule has 2 aromatic carbocycles. The zero-order chi connectivity index (χ0) is 23.8. The first kappa shape index (κ1) is 24.1. The van der Waals surface area contributed by atoms with Crippen molar-refractivity contribution in [1.29, 1.82) is 0 Å². The van der Waals surface area contributed by atoms with Crippen molar-refractivity contribution in [3.63, 3.8) is 0 Å². The Morgan fingerprint density at radius 2 is 1.79 bits per heavy atom. The molecule has 1 heterocycles. The van der Waals surface area contributed by atoms with Crippen molar-refractivity contribution in [2.45, 2.75) is 26.2 Å². The average Bonchev–Trinajstić information content (AvgIpc) is 3.22. The van der Waals surface area contributed by atoms with Gasteiger partial charge in [0.25, 0.3) is 0 Å². The number of amides is 2. The number of nitrogens with one attached hydrogen (secondary N) is 1. The number of nitrogens with zero attached hydrogens (tertiary/aromatic N) is 1. The van der Waals surface area contributed by atoms with E-state index >= 15 is 0 Å². The molecule has 0 bridgehead atoms. The Morgan fingerprint density at radius 3 is 2.48 bits per heavy atom. The Kier molecular flexibility index (Phi) is 8.29. The number of aryl methyl sites for hydroxylation is 2. The molecule has 0 spiro atoms. The van der Waals surface area contributed by atoms with Gasteiger partial charge in [0.2, 0.25) is 11.8 Å². The molecule has 8 heteroatoms. The van der Waals surface area contributed by atoms with Crippen LogP contribution >= 0.6 is 0 Å². The number of benzene rings is 2. The highest BCUT2D eigenvalue weighted by molar-refractivity contribution is 5.99. The van der Waals surface area contributed by atoms with Crippen LogP contribution in [0.1, 0.15) is 24.0 Å². The summed E-state index contributed by atoms with van der Waals surface area (Å²) in [5.74, 6) is -0.185. The Labute approximate surface area is 193 Å². The molecule has 176 valence electrons. The lowest BCUT2D eigenvalue weighted by Crippen LogP contribution is -2.30. The predicted molar refractivity (Wildman–Crippen MR) is 123 cm³/mol. The Morgan fingerprint density at radius 1 is 1.06 bits per heavy atom. The quantitative estimate of drug-likeness (QED) is 0.438. The second kappa shape index (κ2) is 11.4. The van der Waals surface area contributed by atoms with Crippen LogP contribution in [0.3, 0.4) is 0 Å². The van der Waals surface area contributed by atoms with Crippen LogP contribution < -0.4 is 19.7 Å². The fraction of sp³-hybridized carbons (Fsp3) is 0.400. The number of carbonyl (C=O) groups excluding carboxylic acids is 3. The first-order valence-electron chi connectivity index (χ1n) is 10.9. The Bertz CT molecular complexity index is 989. The summed E-state index contributed by atoms with van der Waals surface area (Å²) in [6, 6.07) is 13.2. The normalized spacial score (nSPS) is 15.3. The number of hydrogen-bond donors (Lipinski definition) is 1. The van der Waals surface area contributed by atoms with Crippen LogP contribution in [0.5, 0.6) is 11.5 Å². The summed E-state index contributed by atoms with van der Waals surface area (Å²) in [4.78, 5) is 38.4. The molecule has 1 aliphatic rings. The van der Waals surface area contributed by atoms with Gasteiger partial charge in [0.1, 0.15) is 6.61 Å². The van der Waals surface area contributed by atoms with Crippen molar-refractivity contribution in [1.82, 2.24) is 5.32 Å². The van der Waals surface area contributed by atoms with Crippen molar-refractivity contribution >= 4 is 23.5 Å². The van der Waals surface area contributed by atoms with Crippen LogP contribution in [0, 0.1) is 12.8 Å². The molecular weight excluding hydrogens is 424 g/mol. The van der Waals surface area contributed by atoms with E-state index < -0.39 is 11.9 Å². The lowest BCUT2D eigenvalue weighted by molar-refractivity contribution is -0.148. The number of carbonyl (C=O) groups is 3. The molecule has 1 unspecified atom stereocenters. The predicted octanol–water partition coefficient (Wildman–Crippen LogP) is 2.66. The molecular formula is C25H30N2O6. The largest absolute Gasteiger partial charge is 0.493 e. The zero-order valence-electron chi connectivity index (χ0n) is 19.3. The lowest BCUT2D eigenvalue weighted by Gasteiger charge is -2.18. The maximum atomic E-state index is 12.5.